The van der Waals surface area contributed by atoms with E-state index in [0.29, 0.717) is 18.2 Å². The van der Waals surface area contributed by atoms with Crippen molar-refractivity contribution in [1.29, 1.82) is 0 Å². The number of hydrogen-bond acceptors (Lipinski definition) is 2. The topological polar surface area (TPSA) is 18.5 Å². The Bertz CT molecular complexity index is 361. The molecule has 0 amide bonds. The van der Waals surface area contributed by atoms with Crippen LogP contribution < -0.4 is 4.74 Å². The van der Waals surface area contributed by atoms with Gasteiger partial charge in [-0.05, 0) is 26.8 Å². The van der Waals surface area contributed by atoms with E-state index in [1.54, 1.807) is 0 Å². The molecule has 2 nitrogen and oxygen atoms in total. The molecule has 0 saturated heterocycles. The molecule has 0 heterocycles. The summed E-state index contributed by atoms with van der Waals surface area (Å²) in [4.78, 5) is 0. The molecule has 0 aliphatic rings. The van der Waals surface area contributed by atoms with Crippen molar-refractivity contribution in [2.45, 2.75) is 31.7 Å². The quantitative estimate of drug-likeness (QED) is 0.590. The predicted molar refractivity (Wildman–Crippen MR) is 75.3 cm³/mol. The van der Waals surface area contributed by atoms with Gasteiger partial charge in [0.15, 0.2) is 0 Å². The summed E-state index contributed by atoms with van der Waals surface area (Å²) in [6.07, 6.45) is 0. The first-order valence-corrected chi connectivity index (χ1v) is 7.04. The Morgan fingerprint density at radius 2 is 1.94 bits per heavy atom. The van der Waals surface area contributed by atoms with Crippen molar-refractivity contribution in [1.82, 2.24) is 0 Å². The van der Waals surface area contributed by atoms with E-state index in [4.69, 9.17) is 21.1 Å². The summed E-state index contributed by atoms with van der Waals surface area (Å²) >= 11 is 9.50. The minimum atomic E-state index is -0.137. The molecule has 0 unspecified atom stereocenters. The van der Waals surface area contributed by atoms with Crippen LogP contribution in [0.5, 0.6) is 5.75 Å². The van der Waals surface area contributed by atoms with Gasteiger partial charge in [-0.15, -0.1) is 0 Å². The van der Waals surface area contributed by atoms with Crippen LogP contribution >= 0.6 is 27.5 Å². The normalized spacial score (nSPS) is 11.6. The van der Waals surface area contributed by atoms with Crippen LogP contribution in [0, 0.1) is 0 Å². The first kappa shape index (κ1) is 14.8. The van der Waals surface area contributed by atoms with Crippen LogP contribution in [0.2, 0.25) is 5.02 Å². The molecule has 96 valence electrons. The number of benzene rings is 1. The zero-order chi connectivity index (χ0) is 12.9. The third-order valence-corrected chi connectivity index (χ3v) is 2.96. The van der Waals surface area contributed by atoms with Gasteiger partial charge in [0, 0.05) is 10.9 Å². The van der Waals surface area contributed by atoms with E-state index in [2.05, 4.69) is 15.9 Å². The lowest BCUT2D eigenvalue weighted by Gasteiger charge is -2.20. The van der Waals surface area contributed by atoms with Gasteiger partial charge in [0.1, 0.15) is 12.4 Å². The molecule has 0 aliphatic carbocycles. The maximum absolute atomic E-state index is 6.09. The molecule has 4 heteroatoms. The molecular formula is C13H18BrClO2. The average Bonchev–Trinajstić information content (AvgIpc) is 2.24. The molecule has 0 saturated carbocycles. The first-order valence-electron chi connectivity index (χ1n) is 5.54. The molecular weight excluding hydrogens is 303 g/mol. The van der Waals surface area contributed by atoms with Gasteiger partial charge < -0.3 is 9.47 Å². The number of ether oxygens (including phenoxy) is 2. The Balaban J connectivity index is 2.52. The molecule has 0 N–H and O–H groups in total. The van der Waals surface area contributed by atoms with Crippen LogP contribution in [0.3, 0.4) is 0 Å². The SMILES string of the molecule is CC(C)(C)OCCOc1c(Cl)cccc1CBr. The summed E-state index contributed by atoms with van der Waals surface area (Å²) < 4.78 is 11.3. The Morgan fingerprint density at radius 1 is 1.24 bits per heavy atom. The van der Waals surface area contributed by atoms with Gasteiger partial charge >= 0.3 is 0 Å². The van der Waals surface area contributed by atoms with Crippen molar-refractivity contribution in [3.63, 3.8) is 0 Å². The van der Waals surface area contributed by atoms with Gasteiger partial charge in [-0.25, -0.2) is 0 Å². The summed E-state index contributed by atoms with van der Waals surface area (Å²) in [5, 5.41) is 1.36. The van der Waals surface area contributed by atoms with E-state index in [1.807, 2.05) is 39.0 Å². The highest BCUT2D eigenvalue weighted by molar-refractivity contribution is 9.08. The lowest BCUT2D eigenvalue weighted by molar-refractivity contribution is -0.0163. The van der Waals surface area contributed by atoms with E-state index in [-0.39, 0.29) is 5.60 Å². The molecule has 1 rings (SSSR count). The summed E-state index contributed by atoms with van der Waals surface area (Å²) in [5.41, 5.74) is 0.913. The molecule has 1 aromatic rings. The first-order chi connectivity index (χ1) is 7.94. The van der Waals surface area contributed by atoms with E-state index >= 15 is 0 Å². The van der Waals surface area contributed by atoms with Crippen molar-refractivity contribution < 1.29 is 9.47 Å². The molecule has 0 fully saturated rings. The zero-order valence-corrected chi connectivity index (χ0v) is 12.8. The molecule has 1 aromatic carbocycles. The highest BCUT2D eigenvalue weighted by atomic mass is 79.9. The van der Waals surface area contributed by atoms with Gasteiger partial charge in [-0.2, -0.15) is 0 Å². The molecule has 0 atom stereocenters. The number of hydrogen-bond donors (Lipinski definition) is 0. The third-order valence-electron chi connectivity index (χ3n) is 2.06. The fourth-order valence-electron chi connectivity index (χ4n) is 1.31. The van der Waals surface area contributed by atoms with E-state index in [1.165, 1.54) is 0 Å². The van der Waals surface area contributed by atoms with Crippen LogP contribution in [0.25, 0.3) is 0 Å². The van der Waals surface area contributed by atoms with Crippen molar-refractivity contribution in [2.75, 3.05) is 13.2 Å². The highest BCUT2D eigenvalue weighted by Gasteiger charge is 2.11. The number of alkyl halides is 1. The van der Waals surface area contributed by atoms with E-state index in [0.717, 1.165) is 16.6 Å². The van der Waals surface area contributed by atoms with Gasteiger partial charge in [-0.3, -0.25) is 0 Å². The fourth-order valence-corrected chi connectivity index (χ4v) is 2.00. The number of rotatable bonds is 5. The largest absolute Gasteiger partial charge is 0.489 e. The van der Waals surface area contributed by atoms with Gasteiger partial charge in [-0.1, -0.05) is 39.7 Å². The van der Waals surface area contributed by atoms with Crippen LogP contribution in [0.4, 0.5) is 0 Å². The lowest BCUT2D eigenvalue weighted by Crippen LogP contribution is -2.22. The lowest BCUT2D eigenvalue weighted by atomic mass is 10.2. The smallest absolute Gasteiger partial charge is 0.142 e. The molecule has 0 bridgehead atoms. The third kappa shape index (κ3) is 5.28. The van der Waals surface area contributed by atoms with Crippen molar-refractivity contribution >= 4 is 27.5 Å². The second-order valence-corrected chi connectivity index (χ2v) is 5.64. The van der Waals surface area contributed by atoms with Gasteiger partial charge in [0.25, 0.3) is 0 Å². The average molecular weight is 322 g/mol. The summed E-state index contributed by atoms with van der Waals surface area (Å²) in [6.45, 7) is 7.11. The Hall–Kier alpha value is -0.250. The van der Waals surface area contributed by atoms with E-state index in [9.17, 15) is 0 Å². The molecule has 0 aliphatic heterocycles. The minimum Gasteiger partial charge on any atom is -0.489 e. The highest BCUT2D eigenvalue weighted by Crippen LogP contribution is 2.30. The van der Waals surface area contributed by atoms with Crippen LogP contribution in [-0.4, -0.2) is 18.8 Å². The molecule has 17 heavy (non-hydrogen) atoms. The molecule has 0 radical (unpaired) electrons. The summed E-state index contributed by atoms with van der Waals surface area (Å²) in [6, 6.07) is 5.73. The predicted octanol–water partition coefficient (Wildman–Crippen LogP) is 4.43. The standard InChI is InChI=1S/C13H18BrClO2/c1-13(2,3)17-8-7-16-12-10(9-14)5-4-6-11(12)15/h4-6H,7-9H2,1-3H3. The van der Waals surface area contributed by atoms with Gasteiger partial charge in [0.05, 0.1) is 17.2 Å². The van der Waals surface area contributed by atoms with Crippen molar-refractivity contribution in [2.24, 2.45) is 0 Å². The fraction of sp³-hybridized carbons (Fsp3) is 0.538. The van der Waals surface area contributed by atoms with Crippen molar-refractivity contribution in [3.8, 4) is 5.75 Å². The summed E-state index contributed by atoms with van der Waals surface area (Å²) in [5.74, 6) is 0.739. The second kappa shape index (κ2) is 6.62. The maximum Gasteiger partial charge on any atom is 0.142 e. The van der Waals surface area contributed by atoms with Crippen LogP contribution in [0.15, 0.2) is 18.2 Å². The Morgan fingerprint density at radius 3 is 2.53 bits per heavy atom. The Labute approximate surface area is 116 Å². The molecule has 0 spiro atoms. The Kier molecular flexibility index (Phi) is 5.77. The zero-order valence-electron chi connectivity index (χ0n) is 10.4. The second-order valence-electron chi connectivity index (χ2n) is 4.67. The van der Waals surface area contributed by atoms with Crippen molar-refractivity contribution in [3.05, 3.63) is 28.8 Å². The maximum atomic E-state index is 6.09. The van der Waals surface area contributed by atoms with Crippen LogP contribution in [0.1, 0.15) is 26.3 Å². The van der Waals surface area contributed by atoms with Gasteiger partial charge in [0.2, 0.25) is 0 Å². The van der Waals surface area contributed by atoms with Crippen LogP contribution in [-0.2, 0) is 10.1 Å². The minimum absolute atomic E-state index is 0.137. The number of halogens is 2. The number of para-hydroxylation sites is 1. The monoisotopic (exact) mass is 320 g/mol. The summed E-state index contributed by atoms with van der Waals surface area (Å²) in [7, 11) is 0. The van der Waals surface area contributed by atoms with E-state index < -0.39 is 0 Å². The molecule has 0 aromatic heterocycles.